The summed E-state index contributed by atoms with van der Waals surface area (Å²) < 4.78 is 26.1. The lowest BCUT2D eigenvalue weighted by molar-refractivity contribution is -0.131. The molecule has 2 rings (SSSR count). The van der Waals surface area contributed by atoms with E-state index in [0.29, 0.717) is 11.3 Å². The smallest absolute Gasteiger partial charge is 0.478 e. The summed E-state index contributed by atoms with van der Waals surface area (Å²) in [6.45, 7) is 9.24. The third-order valence-corrected chi connectivity index (χ3v) is 5.66. The van der Waals surface area contributed by atoms with Crippen LogP contribution in [-0.2, 0) is 18.9 Å². The number of benzene rings is 1. The first-order valence-electron chi connectivity index (χ1n) is 8.81. The Morgan fingerprint density at radius 1 is 1.21 bits per heavy atom. The van der Waals surface area contributed by atoms with Gasteiger partial charge in [-0.1, -0.05) is 23.9 Å². The molecule has 0 radical (unpaired) electrons. The largest absolute Gasteiger partial charge is 0.491 e. The average molecular weight is 406 g/mol. The number of hydrogen-bond donors (Lipinski definition) is 1. The fourth-order valence-corrected chi connectivity index (χ4v) is 3.10. The number of carbonyl (C=O) groups excluding carboxylic acids is 1. The Kier molecular flexibility index (Phi) is 6.91. The van der Waals surface area contributed by atoms with Crippen LogP contribution in [0.15, 0.2) is 29.7 Å². The van der Waals surface area contributed by atoms with Crippen LogP contribution in [0, 0.1) is 5.82 Å². The second kappa shape index (κ2) is 8.63. The van der Waals surface area contributed by atoms with Crippen molar-refractivity contribution in [2.24, 2.45) is 0 Å². The minimum atomic E-state index is -1.16. The van der Waals surface area contributed by atoms with E-state index in [1.807, 2.05) is 27.7 Å². The molecule has 150 valence electrons. The molecule has 0 atom stereocenters. The minimum absolute atomic E-state index is 0.0356. The van der Waals surface area contributed by atoms with Crippen LogP contribution in [0.1, 0.15) is 45.7 Å². The fraction of sp³-hybridized carbons (Fsp3) is 0.400. The van der Waals surface area contributed by atoms with Crippen LogP contribution < -0.4 is 0 Å². The number of hydrogen-bond acceptors (Lipinski definition) is 5. The predicted octanol–water partition coefficient (Wildman–Crippen LogP) is 4.22. The molecule has 1 aliphatic heterocycles. The zero-order chi connectivity index (χ0) is 21.1. The van der Waals surface area contributed by atoms with Crippen molar-refractivity contribution >= 4 is 42.1 Å². The van der Waals surface area contributed by atoms with Crippen molar-refractivity contribution in [3.8, 4) is 0 Å². The van der Waals surface area contributed by atoms with Gasteiger partial charge in [-0.15, -0.1) is 0 Å². The van der Waals surface area contributed by atoms with Gasteiger partial charge >= 0.3 is 13.1 Å². The normalized spacial score (nSPS) is 18.6. The molecule has 1 N–H and O–H groups in total. The third kappa shape index (κ3) is 5.56. The third-order valence-electron chi connectivity index (χ3n) is 4.78. The monoisotopic (exact) mass is 406 g/mol. The lowest BCUT2D eigenvalue weighted by atomic mass is 9.78. The molecule has 1 saturated heterocycles. The molecular weight excluding hydrogens is 382 g/mol. The molecule has 0 bridgehead atoms. The standard InChI is InChI=1S/C20H24BFO5S/c1-13(23)28-12-16(21-26-19(2,3)20(4,5)27-21)11-14-6-8-17(22)15(10-14)7-9-18(24)25/h6-11H,12H2,1-5H3,(H,24,25)/b9-7+,16-11?. The molecular formula is C20H24BFO5S. The van der Waals surface area contributed by atoms with Crippen molar-refractivity contribution in [2.75, 3.05) is 5.75 Å². The number of halogens is 1. The molecule has 1 aliphatic rings. The number of rotatable bonds is 6. The van der Waals surface area contributed by atoms with Gasteiger partial charge in [0.05, 0.1) is 11.2 Å². The van der Waals surface area contributed by atoms with E-state index in [-0.39, 0.29) is 10.7 Å². The number of carbonyl (C=O) groups is 2. The average Bonchev–Trinajstić information content (AvgIpc) is 2.79. The lowest BCUT2D eigenvalue weighted by Gasteiger charge is -2.32. The van der Waals surface area contributed by atoms with Crippen LogP contribution in [0.2, 0.25) is 0 Å². The topological polar surface area (TPSA) is 72.8 Å². The molecule has 0 unspecified atom stereocenters. The van der Waals surface area contributed by atoms with E-state index in [4.69, 9.17) is 14.4 Å². The number of thioether (sulfide) groups is 1. The van der Waals surface area contributed by atoms with Crippen LogP contribution >= 0.6 is 11.8 Å². The molecule has 0 amide bonds. The van der Waals surface area contributed by atoms with E-state index in [9.17, 15) is 14.0 Å². The molecule has 0 aliphatic carbocycles. The summed E-state index contributed by atoms with van der Waals surface area (Å²) in [5, 5.41) is 8.72. The van der Waals surface area contributed by atoms with Gasteiger partial charge in [0.25, 0.3) is 0 Å². The van der Waals surface area contributed by atoms with Crippen molar-refractivity contribution in [1.82, 2.24) is 0 Å². The highest BCUT2D eigenvalue weighted by molar-refractivity contribution is 8.13. The van der Waals surface area contributed by atoms with Crippen molar-refractivity contribution in [3.63, 3.8) is 0 Å². The van der Waals surface area contributed by atoms with Crippen molar-refractivity contribution in [1.29, 1.82) is 0 Å². The maximum atomic E-state index is 14.0. The minimum Gasteiger partial charge on any atom is -0.478 e. The molecule has 1 aromatic carbocycles. The van der Waals surface area contributed by atoms with E-state index in [1.54, 1.807) is 18.2 Å². The van der Waals surface area contributed by atoms with Crippen LogP contribution in [0.4, 0.5) is 4.39 Å². The van der Waals surface area contributed by atoms with Gasteiger partial charge in [0, 0.05) is 24.3 Å². The molecule has 1 heterocycles. The van der Waals surface area contributed by atoms with E-state index in [2.05, 4.69) is 0 Å². The summed E-state index contributed by atoms with van der Waals surface area (Å²) in [5.41, 5.74) is 0.480. The van der Waals surface area contributed by atoms with E-state index in [1.165, 1.54) is 19.1 Å². The molecule has 28 heavy (non-hydrogen) atoms. The SMILES string of the molecule is CC(=O)SCC(=Cc1ccc(F)c(/C=C/C(=O)O)c1)B1OC(C)(C)C(C)(C)O1. The molecule has 0 spiro atoms. The van der Waals surface area contributed by atoms with Gasteiger partial charge in [0.15, 0.2) is 5.12 Å². The molecule has 1 aromatic rings. The Bertz CT molecular complexity index is 816. The zero-order valence-electron chi connectivity index (χ0n) is 16.6. The van der Waals surface area contributed by atoms with Gasteiger partial charge < -0.3 is 14.4 Å². The first-order chi connectivity index (χ1) is 12.9. The number of carboxylic acids is 1. The maximum Gasteiger partial charge on any atom is 0.491 e. The van der Waals surface area contributed by atoms with Crippen LogP contribution in [0.5, 0.6) is 0 Å². The molecule has 0 aromatic heterocycles. The molecule has 5 nitrogen and oxygen atoms in total. The second-order valence-corrected chi connectivity index (χ2v) is 8.69. The van der Waals surface area contributed by atoms with Crippen molar-refractivity contribution < 1.29 is 28.4 Å². The van der Waals surface area contributed by atoms with Gasteiger partial charge in [0.2, 0.25) is 0 Å². The fourth-order valence-electron chi connectivity index (χ4n) is 2.51. The highest BCUT2D eigenvalue weighted by Gasteiger charge is 2.52. The first kappa shape index (κ1) is 22.4. The molecule has 1 fully saturated rings. The Labute approximate surface area is 169 Å². The Morgan fingerprint density at radius 3 is 2.36 bits per heavy atom. The maximum absolute atomic E-state index is 14.0. The Morgan fingerprint density at radius 2 is 1.82 bits per heavy atom. The molecule has 8 heteroatoms. The van der Waals surface area contributed by atoms with Crippen LogP contribution in [-0.4, -0.2) is 40.3 Å². The summed E-state index contributed by atoms with van der Waals surface area (Å²) >= 11 is 1.13. The lowest BCUT2D eigenvalue weighted by Crippen LogP contribution is -2.41. The number of carboxylic acid groups (broad SMARTS) is 1. The first-order valence-corrected chi connectivity index (χ1v) is 9.80. The Balaban J connectivity index is 2.38. The quantitative estimate of drug-likeness (QED) is 0.564. The second-order valence-electron chi connectivity index (χ2n) is 7.54. The number of aliphatic carboxylic acids is 1. The summed E-state index contributed by atoms with van der Waals surface area (Å²) in [6.07, 6.45) is 3.87. The van der Waals surface area contributed by atoms with Gasteiger partial charge in [-0.25, -0.2) is 9.18 Å². The molecule has 0 saturated carbocycles. The van der Waals surface area contributed by atoms with Crippen LogP contribution in [0.3, 0.4) is 0 Å². The van der Waals surface area contributed by atoms with E-state index >= 15 is 0 Å². The van der Waals surface area contributed by atoms with E-state index < -0.39 is 30.1 Å². The van der Waals surface area contributed by atoms with Gasteiger partial charge in [-0.2, -0.15) is 0 Å². The summed E-state index contributed by atoms with van der Waals surface area (Å²) in [6, 6.07) is 4.39. The zero-order valence-corrected chi connectivity index (χ0v) is 17.4. The van der Waals surface area contributed by atoms with Gasteiger partial charge in [-0.3, -0.25) is 4.79 Å². The highest BCUT2D eigenvalue weighted by atomic mass is 32.2. The van der Waals surface area contributed by atoms with Gasteiger partial charge in [-0.05, 0) is 56.9 Å². The predicted molar refractivity (Wildman–Crippen MR) is 110 cm³/mol. The van der Waals surface area contributed by atoms with Crippen molar-refractivity contribution in [2.45, 2.75) is 45.8 Å². The van der Waals surface area contributed by atoms with Crippen LogP contribution in [0.25, 0.3) is 12.2 Å². The summed E-state index contributed by atoms with van der Waals surface area (Å²) in [7, 11) is -0.639. The Hall–Kier alpha value is -1.90. The van der Waals surface area contributed by atoms with Crippen molar-refractivity contribution in [3.05, 3.63) is 46.7 Å². The summed E-state index contributed by atoms with van der Waals surface area (Å²) in [5.74, 6) is -1.31. The highest BCUT2D eigenvalue weighted by Crippen LogP contribution is 2.39. The van der Waals surface area contributed by atoms with E-state index in [0.717, 1.165) is 23.3 Å². The summed E-state index contributed by atoms with van der Waals surface area (Å²) in [4.78, 5) is 22.2. The van der Waals surface area contributed by atoms with Gasteiger partial charge in [0.1, 0.15) is 5.82 Å².